The van der Waals surface area contributed by atoms with E-state index >= 15 is 0 Å². The maximum Gasteiger partial charge on any atom is 0.210 e. The molecule has 2 N–H and O–H groups in total. The number of thioether (sulfide) groups is 1. The van der Waals surface area contributed by atoms with Gasteiger partial charge >= 0.3 is 0 Å². The van der Waals surface area contributed by atoms with Crippen molar-refractivity contribution in [2.24, 2.45) is 0 Å². The summed E-state index contributed by atoms with van der Waals surface area (Å²) in [6, 6.07) is 13.2. The molecule has 0 spiro atoms. The summed E-state index contributed by atoms with van der Waals surface area (Å²) >= 11 is 8.87. The number of thiazole rings is 1. The lowest BCUT2D eigenvalue weighted by Crippen LogP contribution is -2.11. The summed E-state index contributed by atoms with van der Waals surface area (Å²) in [6.45, 7) is 0.328. The molecule has 10 heteroatoms. The van der Waals surface area contributed by atoms with Crippen molar-refractivity contribution in [2.45, 2.75) is 17.5 Å². The average molecular weight is 448 g/mol. The number of hydrogen-bond donors (Lipinski definition) is 1. The van der Waals surface area contributed by atoms with Gasteiger partial charge in [0, 0.05) is 21.7 Å². The monoisotopic (exact) mass is 447 g/mol. The molecule has 0 fully saturated rings. The number of benzene rings is 2. The first kappa shape index (κ1) is 19.7. The van der Waals surface area contributed by atoms with Crippen molar-refractivity contribution >= 4 is 34.7 Å². The fraction of sp³-hybridized carbons (Fsp3) is 0.105. The number of halogens is 2. The zero-order chi connectivity index (χ0) is 20.2. The Bertz CT molecular complexity index is 1100. The first-order chi connectivity index (χ1) is 14.1. The Labute approximate surface area is 179 Å². The smallest absolute Gasteiger partial charge is 0.210 e. The van der Waals surface area contributed by atoms with Crippen molar-refractivity contribution < 1.29 is 9.13 Å². The van der Waals surface area contributed by atoms with Crippen LogP contribution in [0.15, 0.2) is 59.1 Å². The van der Waals surface area contributed by atoms with Gasteiger partial charge in [-0.25, -0.2) is 14.1 Å². The van der Waals surface area contributed by atoms with Crippen LogP contribution in [-0.4, -0.2) is 19.9 Å². The number of nitrogens with zero attached hydrogens (tertiary/aromatic N) is 4. The van der Waals surface area contributed by atoms with Gasteiger partial charge < -0.3 is 10.6 Å². The number of ether oxygens (including phenoxy) is 1. The second-order valence-corrected chi connectivity index (χ2v) is 8.27. The highest BCUT2D eigenvalue weighted by molar-refractivity contribution is 7.98. The Morgan fingerprint density at radius 1 is 1.10 bits per heavy atom. The van der Waals surface area contributed by atoms with Crippen LogP contribution in [0.4, 0.5) is 4.39 Å². The zero-order valence-electron chi connectivity index (χ0n) is 15.0. The summed E-state index contributed by atoms with van der Waals surface area (Å²) in [7, 11) is 0. The second kappa shape index (κ2) is 8.81. The molecule has 29 heavy (non-hydrogen) atoms. The average Bonchev–Trinajstić information content (AvgIpc) is 3.33. The summed E-state index contributed by atoms with van der Waals surface area (Å²) < 4.78 is 20.0. The minimum absolute atomic E-state index is 0.294. The fourth-order valence-electron chi connectivity index (χ4n) is 2.47. The van der Waals surface area contributed by atoms with Gasteiger partial charge in [-0.3, -0.25) is 0 Å². The van der Waals surface area contributed by atoms with Crippen LogP contribution in [0.25, 0.3) is 11.4 Å². The van der Waals surface area contributed by atoms with Crippen LogP contribution < -0.4 is 10.6 Å². The van der Waals surface area contributed by atoms with E-state index in [1.54, 1.807) is 24.3 Å². The number of nitrogens with two attached hydrogens (primary N) is 1. The molecule has 4 aromatic rings. The molecule has 0 saturated carbocycles. The van der Waals surface area contributed by atoms with E-state index in [-0.39, 0.29) is 5.82 Å². The van der Waals surface area contributed by atoms with Gasteiger partial charge in [-0.15, -0.1) is 21.5 Å². The Morgan fingerprint density at radius 2 is 1.86 bits per heavy atom. The standard InChI is InChI=1S/C19H15ClFN5OS2/c20-13-3-1-12(2-4-13)18-24-25-19(26(18)22)29-11-15-10-28-17(23-15)9-27-16-7-5-14(21)6-8-16/h1-8,10H,9,11,22H2. The number of hydrogen-bond acceptors (Lipinski definition) is 7. The highest BCUT2D eigenvalue weighted by Gasteiger charge is 2.13. The molecule has 148 valence electrons. The van der Waals surface area contributed by atoms with Crippen molar-refractivity contribution in [3.05, 3.63) is 75.5 Å². The molecule has 0 bridgehead atoms. The fourth-order valence-corrected chi connectivity index (χ4v) is 4.15. The maximum absolute atomic E-state index is 12.9. The zero-order valence-corrected chi connectivity index (χ0v) is 17.3. The molecule has 0 amide bonds. The molecule has 0 radical (unpaired) electrons. The summed E-state index contributed by atoms with van der Waals surface area (Å²) in [5.41, 5.74) is 1.74. The second-order valence-electron chi connectivity index (χ2n) is 5.95. The van der Waals surface area contributed by atoms with Crippen LogP contribution in [0.3, 0.4) is 0 Å². The molecule has 2 aromatic carbocycles. The van der Waals surface area contributed by atoms with Crippen LogP contribution in [-0.2, 0) is 12.4 Å². The molecule has 0 unspecified atom stereocenters. The van der Waals surface area contributed by atoms with Gasteiger partial charge in [-0.05, 0) is 48.5 Å². The Kier molecular flexibility index (Phi) is 5.98. The maximum atomic E-state index is 12.9. The van der Waals surface area contributed by atoms with E-state index in [9.17, 15) is 4.39 Å². The molecule has 0 aliphatic heterocycles. The summed E-state index contributed by atoms with van der Waals surface area (Å²) in [4.78, 5) is 4.55. The van der Waals surface area contributed by atoms with Crippen LogP contribution in [0.2, 0.25) is 5.02 Å². The van der Waals surface area contributed by atoms with Gasteiger partial charge in [0.15, 0.2) is 5.82 Å². The minimum atomic E-state index is -0.294. The predicted octanol–water partition coefficient (Wildman–Crippen LogP) is 4.78. The van der Waals surface area contributed by atoms with Crippen molar-refractivity contribution in [1.82, 2.24) is 19.9 Å². The van der Waals surface area contributed by atoms with E-state index in [0.717, 1.165) is 16.3 Å². The van der Waals surface area contributed by atoms with Crippen LogP contribution in [0.1, 0.15) is 10.7 Å². The Balaban J connectivity index is 1.35. The third kappa shape index (κ3) is 4.87. The molecule has 2 heterocycles. The highest BCUT2D eigenvalue weighted by Crippen LogP contribution is 2.26. The van der Waals surface area contributed by atoms with Gasteiger partial charge in [-0.1, -0.05) is 23.4 Å². The van der Waals surface area contributed by atoms with Gasteiger partial charge in [-0.2, -0.15) is 0 Å². The van der Waals surface area contributed by atoms with Gasteiger partial charge in [0.1, 0.15) is 23.2 Å². The topological polar surface area (TPSA) is 78.9 Å². The molecule has 0 saturated heterocycles. The molecule has 2 aromatic heterocycles. The SMILES string of the molecule is Nn1c(SCc2csc(COc3ccc(F)cc3)n2)nnc1-c1ccc(Cl)cc1. The quantitative estimate of drug-likeness (QED) is 0.324. The number of aromatic nitrogens is 4. The van der Waals surface area contributed by atoms with Gasteiger partial charge in [0.2, 0.25) is 5.16 Å². The van der Waals surface area contributed by atoms with E-state index in [2.05, 4.69) is 15.2 Å². The molecule has 0 atom stereocenters. The lowest BCUT2D eigenvalue weighted by Gasteiger charge is -2.04. The molecule has 4 rings (SSSR count). The number of nitrogen functional groups attached to an aromatic ring is 1. The lowest BCUT2D eigenvalue weighted by molar-refractivity contribution is 0.305. The van der Waals surface area contributed by atoms with Crippen molar-refractivity contribution in [3.8, 4) is 17.1 Å². The summed E-state index contributed by atoms with van der Waals surface area (Å²) in [5, 5.41) is 12.4. The predicted molar refractivity (Wildman–Crippen MR) is 113 cm³/mol. The highest BCUT2D eigenvalue weighted by atomic mass is 35.5. The summed E-state index contributed by atoms with van der Waals surface area (Å²) in [6.07, 6.45) is 0. The lowest BCUT2D eigenvalue weighted by atomic mass is 10.2. The molecular formula is C19H15ClFN5OS2. The molecule has 0 aliphatic carbocycles. The molecular weight excluding hydrogens is 433 g/mol. The van der Waals surface area contributed by atoms with E-state index in [1.807, 2.05) is 17.5 Å². The van der Waals surface area contributed by atoms with Crippen LogP contribution >= 0.6 is 34.7 Å². The van der Waals surface area contributed by atoms with E-state index in [1.165, 1.54) is 39.9 Å². The largest absolute Gasteiger partial charge is 0.486 e. The number of rotatable bonds is 7. The first-order valence-corrected chi connectivity index (χ1v) is 10.7. The minimum Gasteiger partial charge on any atom is -0.486 e. The van der Waals surface area contributed by atoms with E-state index < -0.39 is 0 Å². The van der Waals surface area contributed by atoms with Crippen molar-refractivity contribution in [1.29, 1.82) is 0 Å². The van der Waals surface area contributed by atoms with Gasteiger partial charge in [0.25, 0.3) is 0 Å². The normalized spacial score (nSPS) is 11.0. The Morgan fingerprint density at radius 3 is 2.62 bits per heavy atom. The van der Waals surface area contributed by atoms with Crippen molar-refractivity contribution in [2.75, 3.05) is 5.84 Å². The summed E-state index contributed by atoms with van der Waals surface area (Å²) in [5.74, 6) is 7.61. The van der Waals surface area contributed by atoms with Gasteiger partial charge in [0.05, 0.1) is 5.69 Å². The van der Waals surface area contributed by atoms with Crippen molar-refractivity contribution in [3.63, 3.8) is 0 Å². The molecule has 6 nitrogen and oxygen atoms in total. The van der Waals surface area contributed by atoms with Crippen LogP contribution in [0, 0.1) is 5.82 Å². The molecule has 0 aliphatic rings. The van der Waals surface area contributed by atoms with Crippen LogP contribution in [0.5, 0.6) is 5.75 Å². The first-order valence-electron chi connectivity index (χ1n) is 8.49. The van der Waals surface area contributed by atoms with E-state index in [0.29, 0.717) is 34.1 Å². The third-order valence-corrected chi connectivity index (χ3v) is 5.99. The third-order valence-electron chi connectivity index (χ3n) is 3.89. The Hall–Kier alpha value is -2.62. The van der Waals surface area contributed by atoms with E-state index in [4.69, 9.17) is 22.2 Å².